The fraction of sp³-hybridized carbons (Fsp3) is 0.400. The molecule has 4 nitrogen and oxygen atoms in total. The smallest absolute Gasteiger partial charge is 0.128 e. The number of hydrogen-bond acceptors (Lipinski definition) is 4. The zero-order chi connectivity index (χ0) is 13.2. The van der Waals surface area contributed by atoms with E-state index >= 15 is 0 Å². The van der Waals surface area contributed by atoms with Gasteiger partial charge in [0.15, 0.2) is 0 Å². The molecular weight excluding hydrogens is 238 g/mol. The first-order chi connectivity index (χ1) is 9.25. The molecular formula is C15H19N3O. The van der Waals surface area contributed by atoms with E-state index < -0.39 is 0 Å². The number of ether oxygens (including phenoxy) is 1. The lowest BCUT2D eigenvalue weighted by molar-refractivity contribution is 0.233. The normalized spacial score (nSPS) is 15.1. The summed E-state index contributed by atoms with van der Waals surface area (Å²) in [6.45, 7) is 1.65. The molecule has 1 aliphatic rings. The summed E-state index contributed by atoms with van der Waals surface area (Å²) in [6.07, 6.45) is 4.40. The van der Waals surface area contributed by atoms with E-state index in [-0.39, 0.29) is 0 Å². The molecule has 1 fully saturated rings. The monoisotopic (exact) mass is 257 g/mol. The minimum atomic E-state index is 0.693. The van der Waals surface area contributed by atoms with Gasteiger partial charge in [-0.3, -0.25) is 4.98 Å². The first-order valence-electron chi connectivity index (χ1n) is 6.72. The first-order valence-corrected chi connectivity index (χ1v) is 6.72. The second-order valence-electron chi connectivity index (χ2n) is 5.11. The number of hydrogen-bond donors (Lipinski definition) is 1. The van der Waals surface area contributed by atoms with Crippen molar-refractivity contribution in [1.82, 2.24) is 9.88 Å². The summed E-state index contributed by atoms with van der Waals surface area (Å²) < 4.78 is 5.89. The number of likely N-dealkylation sites (N-methyl/N-ethyl adjacent to an activating group) is 1. The first kappa shape index (κ1) is 12.2. The number of aromatic nitrogens is 1. The molecule has 1 aromatic carbocycles. The van der Waals surface area contributed by atoms with Crippen LogP contribution < -0.4 is 10.5 Å². The quantitative estimate of drug-likeness (QED) is 0.835. The molecule has 100 valence electrons. The molecule has 0 radical (unpaired) electrons. The van der Waals surface area contributed by atoms with E-state index in [4.69, 9.17) is 10.5 Å². The fourth-order valence-corrected chi connectivity index (χ4v) is 2.29. The van der Waals surface area contributed by atoms with Crippen LogP contribution in [0.4, 0.5) is 5.69 Å². The van der Waals surface area contributed by atoms with Gasteiger partial charge in [-0.25, -0.2) is 0 Å². The van der Waals surface area contributed by atoms with Gasteiger partial charge in [-0.05, 0) is 44.2 Å². The van der Waals surface area contributed by atoms with Gasteiger partial charge >= 0.3 is 0 Å². The Bertz CT molecular complexity index is 581. The number of benzene rings is 1. The highest BCUT2D eigenvalue weighted by molar-refractivity contribution is 5.93. The average Bonchev–Trinajstić information content (AvgIpc) is 3.26. The van der Waals surface area contributed by atoms with Gasteiger partial charge in [-0.1, -0.05) is 0 Å². The maximum Gasteiger partial charge on any atom is 0.128 e. The van der Waals surface area contributed by atoms with Crippen molar-refractivity contribution in [2.75, 3.05) is 25.9 Å². The van der Waals surface area contributed by atoms with Gasteiger partial charge in [0, 0.05) is 24.2 Å². The Hall–Kier alpha value is -1.81. The molecule has 4 heteroatoms. The number of nitrogen functional groups attached to an aromatic ring is 1. The van der Waals surface area contributed by atoms with Crippen LogP contribution in [-0.2, 0) is 0 Å². The molecule has 0 spiro atoms. The molecule has 1 aromatic heterocycles. The second kappa shape index (κ2) is 5.05. The number of rotatable bonds is 5. The van der Waals surface area contributed by atoms with Crippen LogP contribution in [0.5, 0.6) is 5.75 Å². The predicted molar refractivity (Wildman–Crippen MR) is 77.3 cm³/mol. The highest BCUT2D eigenvalue weighted by atomic mass is 16.5. The molecule has 0 aliphatic heterocycles. The molecule has 0 unspecified atom stereocenters. The van der Waals surface area contributed by atoms with Crippen LogP contribution >= 0.6 is 0 Å². The zero-order valence-corrected chi connectivity index (χ0v) is 11.2. The molecule has 0 atom stereocenters. The largest absolute Gasteiger partial charge is 0.492 e. The van der Waals surface area contributed by atoms with Crippen LogP contribution in [0.2, 0.25) is 0 Å². The van der Waals surface area contributed by atoms with Crippen LogP contribution in [0.25, 0.3) is 10.9 Å². The van der Waals surface area contributed by atoms with Crippen LogP contribution in [0.15, 0.2) is 30.5 Å². The van der Waals surface area contributed by atoms with Crippen molar-refractivity contribution in [3.8, 4) is 5.75 Å². The van der Waals surface area contributed by atoms with Gasteiger partial charge in [-0.2, -0.15) is 0 Å². The van der Waals surface area contributed by atoms with E-state index in [1.165, 1.54) is 12.8 Å². The third-order valence-electron chi connectivity index (χ3n) is 3.63. The molecule has 2 N–H and O–H groups in total. The topological polar surface area (TPSA) is 51.4 Å². The van der Waals surface area contributed by atoms with Gasteiger partial charge in [0.05, 0.1) is 11.2 Å². The van der Waals surface area contributed by atoms with Crippen molar-refractivity contribution in [3.63, 3.8) is 0 Å². The van der Waals surface area contributed by atoms with Crippen LogP contribution in [0, 0.1) is 0 Å². The summed E-state index contributed by atoms with van der Waals surface area (Å²) in [5, 5.41) is 0.983. The summed E-state index contributed by atoms with van der Waals surface area (Å²) in [7, 11) is 2.16. The SMILES string of the molecule is CN(CCOc1ccc(N)c2ncccc12)C1CC1. The van der Waals surface area contributed by atoms with Gasteiger partial charge < -0.3 is 15.4 Å². The lowest BCUT2D eigenvalue weighted by Gasteiger charge is -2.16. The summed E-state index contributed by atoms with van der Waals surface area (Å²) in [5.41, 5.74) is 7.43. The molecule has 0 bridgehead atoms. The van der Waals surface area contributed by atoms with E-state index in [2.05, 4.69) is 16.9 Å². The number of fused-ring (bicyclic) bond motifs is 1. The van der Waals surface area contributed by atoms with E-state index in [1.54, 1.807) is 6.20 Å². The molecule has 0 amide bonds. The zero-order valence-electron chi connectivity index (χ0n) is 11.2. The number of anilines is 1. The highest BCUT2D eigenvalue weighted by Gasteiger charge is 2.25. The number of nitrogens with two attached hydrogens (primary N) is 1. The summed E-state index contributed by atoms with van der Waals surface area (Å²) >= 11 is 0. The molecule has 19 heavy (non-hydrogen) atoms. The predicted octanol–water partition coefficient (Wildman–Crippen LogP) is 2.29. The molecule has 2 aromatic rings. The second-order valence-corrected chi connectivity index (χ2v) is 5.11. The van der Waals surface area contributed by atoms with Crippen molar-refractivity contribution in [1.29, 1.82) is 0 Å². The molecule has 1 saturated carbocycles. The minimum Gasteiger partial charge on any atom is -0.492 e. The Morgan fingerprint density at radius 2 is 2.21 bits per heavy atom. The van der Waals surface area contributed by atoms with E-state index in [1.807, 2.05) is 24.3 Å². The van der Waals surface area contributed by atoms with Crippen molar-refractivity contribution in [2.45, 2.75) is 18.9 Å². The van der Waals surface area contributed by atoms with E-state index in [0.29, 0.717) is 12.3 Å². The van der Waals surface area contributed by atoms with Crippen LogP contribution in [0.1, 0.15) is 12.8 Å². The minimum absolute atomic E-state index is 0.693. The molecule has 3 rings (SSSR count). The molecule has 0 saturated heterocycles. The average molecular weight is 257 g/mol. The van der Waals surface area contributed by atoms with E-state index in [0.717, 1.165) is 29.2 Å². The van der Waals surface area contributed by atoms with Crippen LogP contribution in [0.3, 0.4) is 0 Å². The Morgan fingerprint density at radius 3 is 3.00 bits per heavy atom. The van der Waals surface area contributed by atoms with Crippen LogP contribution in [-0.4, -0.2) is 36.1 Å². The van der Waals surface area contributed by atoms with Crippen molar-refractivity contribution in [2.24, 2.45) is 0 Å². The van der Waals surface area contributed by atoms with Gasteiger partial charge in [0.2, 0.25) is 0 Å². The Balaban J connectivity index is 1.72. The number of nitrogens with zero attached hydrogens (tertiary/aromatic N) is 2. The summed E-state index contributed by atoms with van der Waals surface area (Å²) in [5.74, 6) is 0.862. The molecule has 1 aliphatic carbocycles. The third-order valence-corrected chi connectivity index (χ3v) is 3.63. The maximum atomic E-state index is 5.92. The Morgan fingerprint density at radius 1 is 1.37 bits per heavy atom. The van der Waals surface area contributed by atoms with Crippen molar-refractivity contribution >= 4 is 16.6 Å². The lowest BCUT2D eigenvalue weighted by Crippen LogP contribution is -2.26. The Labute approximate surface area is 113 Å². The van der Waals surface area contributed by atoms with Gasteiger partial charge in [-0.15, -0.1) is 0 Å². The Kier molecular flexibility index (Phi) is 3.25. The third kappa shape index (κ3) is 2.63. The van der Waals surface area contributed by atoms with Crippen molar-refractivity contribution < 1.29 is 4.74 Å². The highest BCUT2D eigenvalue weighted by Crippen LogP contribution is 2.28. The summed E-state index contributed by atoms with van der Waals surface area (Å²) in [4.78, 5) is 6.67. The van der Waals surface area contributed by atoms with Crippen molar-refractivity contribution in [3.05, 3.63) is 30.5 Å². The van der Waals surface area contributed by atoms with Gasteiger partial charge in [0.1, 0.15) is 12.4 Å². The lowest BCUT2D eigenvalue weighted by atomic mass is 10.2. The van der Waals surface area contributed by atoms with Gasteiger partial charge in [0.25, 0.3) is 0 Å². The molecule has 1 heterocycles. The van der Waals surface area contributed by atoms with E-state index in [9.17, 15) is 0 Å². The number of pyridine rings is 1. The standard InChI is InChI=1S/C15H19N3O/c1-18(11-4-5-11)9-10-19-14-7-6-13(16)15-12(14)3-2-8-17-15/h2-3,6-8,11H,4-5,9-10,16H2,1H3. The maximum absolute atomic E-state index is 5.92. The fourth-order valence-electron chi connectivity index (χ4n) is 2.29. The summed E-state index contributed by atoms with van der Waals surface area (Å²) in [6, 6.07) is 8.46.